The van der Waals surface area contributed by atoms with Crippen LogP contribution in [-0.2, 0) is 47.6 Å². The predicted molar refractivity (Wildman–Crippen MR) is 269 cm³/mol. The Balaban J connectivity index is 0.000000178. The molecule has 1 unspecified atom stereocenters. The summed E-state index contributed by atoms with van der Waals surface area (Å²) in [6.07, 6.45) is 11.7. The molecule has 8 fully saturated rings. The molecule has 1 aromatic carbocycles. The fourth-order valence-corrected chi connectivity index (χ4v) is 17.6. The van der Waals surface area contributed by atoms with Gasteiger partial charge in [0.15, 0.2) is 42.9 Å². The van der Waals surface area contributed by atoms with E-state index in [2.05, 4.69) is 13.8 Å². The van der Waals surface area contributed by atoms with Crippen molar-refractivity contribution in [2.24, 2.45) is 62.2 Å². The number of allylic oxidation sites excluding steroid dienone is 8. The number of halogens is 2. The molecule has 2 spiro atoms. The molecule has 74 heavy (non-hydrogen) atoms. The molecule has 15 heteroatoms. The van der Waals surface area contributed by atoms with Crippen LogP contribution < -0.4 is 0 Å². The van der Waals surface area contributed by atoms with Crippen LogP contribution in [0.4, 0.5) is 14.5 Å². The SMILES string of the molecule is CCC(=O)OCC(=O)[C@@]1(OC(=O)CC)[C@@H](C)C[C@H]2[C@@H]3CCC4=CC(=Nc5ccccc5C)C=C[C@]4(C)[C@@]3(F)[C@@H](O)C[C@@]21C.C[C@H]1C[C@H]2[C@@H]3CCC4=CC(=O)C=C[C@]4(C)[C@@]3(F)[C@@H](O)C[C@]2(C)[C@]12OCOC21COCO1. The number of nitrogens with zero attached hydrogens (tertiary/aromatic N) is 1. The molecular formula is C59H75F2NO12. The lowest BCUT2D eigenvalue weighted by atomic mass is 9.44. The largest absolute Gasteiger partial charge is 0.457 e. The van der Waals surface area contributed by atoms with Gasteiger partial charge in [-0.1, -0.05) is 83.0 Å². The first-order valence-corrected chi connectivity index (χ1v) is 27.1. The van der Waals surface area contributed by atoms with Crippen LogP contribution in [0.1, 0.15) is 125 Å². The molecule has 17 atom stereocenters. The number of ether oxygens (including phenoxy) is 6. The van der Waals surface area contributed by atoms with Crippen LogP contribution in [0.5, 0.6) is 0 Å². The molecule has 2 saturated heterocycles. The van der Waals surface area contributed by atoms with Gasteiger partial charge in [-0.15, -0.1) is 0 Å². The van der Waals surface area contributed by atoms with Crippen molar-refractivity contribution in [2.75, 3.05) is 26.8 Å². The van der Waals surface area contributed by atoms with Gasteiger partial charge in [-0.3, -0.25) is 19.2 Å². The summed E-state index contributed by atoms with van der Waals surface area (Å²) in [6.45, 7) is 16.9. The number of ketones is 2. The number of alkyl halides is 2. The van der Waals surface area contributed by atoms with Crippen molar-refractivity contribution in [3.63, 3.8) is 0 Å². The molecule has 6 saturated carbocycles. The minimum Gasteiger partial charge on any atom is -0.457 e. The Morgan fingerprint density at radius 3 is 1.96 bits per heavy atom. The van der Waals surface area contributed by atoms with E-state index in [1.165, 1.54) is 6.08 Å². The van der Waals surface area contributed by atoms with Crippen LogP contribution in [0.2, 0.25) is 0 Å². The van der Waals surface area contributed by atoms with Gasteiger partial charge in [-0.25, -0.2) is 13.8 Å². The van der Waals surface area contributed by atoms with Crippen LogP contribution >= 0.6 is 0 Å². The molecular weight excluding hydrogens is 953 g/mol. The molecule has 402 valence electrons. The van der Waals surface area contributed by atoms with E-state index in [4.69, 9.17) is 33.4 Å². The lowest BCUT2D eigenvalue weighted by Crippen LogP contribution is -2.71. The molecule has 11 rings (SSSR count). The number of aryl methyl sites for hydroxylation is 1. The molecule has 0 bridgehead atoms. The summed E-state index contributed by atoms with van der Waals surface area (Å²) >= 11 is 0. The lowest BCUT2D eigenvalue weighted by Gasteiger charge is -2.63. The van der Waals surface area contributed by atoms with Gasteiger partial charge < -0.3 is 38.6 Å². The van der Waals surface area contributed by atoms with Crippen LogP contribution in [0.3, 0.4) is 0 Å². The van der Waals surface area contributed by atoms with Crippen molar-refractivity contribution in [1.82, 2.24) is 0 Å². The van der Waals surface area contributed by atoms with Crippen LogP contribution in [0.15, 0.2) is 76.9 Å². The summed E-state index contributed by atoms with van der Waals surface area (Å²) in [5, 5.41) is 23.4. The third-order valence-corrected chi connectivity index (χ3v) is 21.2. The Morgan fingerprint density at radius 1 is 0.757 bits per heavy atom. The van der Waals surface area contributed by atoms with E-state index < -0.39 is 98.4 Å². The summed E-state index contributed by atoms with van der Waals surface area (Å²) in [5.74, 6) is -4.42. The zero-order valence-electron chi connectivity index (χ0n) is 44.5. The van der Waals surface area contributed by atoms with Crippen molar-refractivity contribution in [2.45, 2.75) is 167 Å². The Morgan fingerprint density at radius 2 is 1.34 bits per heavy atom. The van der Waals surface area contributed by atoms with Crippen molar-refractivity contribution in [1.29, 1.82) is 0 Å². The molecule has 2 N–H and O–H groups in total. The maximum absolute atomic E-state index is 17.9. The number of rotatable bonds is 7. The predicted octanol–water partition coefficient (Wildman–Crippen LogP) is 9.38. The zero-order chi connectivity index (χ0) is 53.2. The second kappa shape index (κ2) is 18.2. The average Bonchev–Trinajstić information content (AvgIpc) is 4.11. The topological polar surface area (TPSA) is 176 Å². The van der Waals surface area contributed by atoms with Crippen LogP contribution in [0.25, 0.3) is 0 Å². The number of benzene rings is 1. The second-order valence-electron chi connectivity index (χ2n) is 24.2. The van der Waals surface area contributed by atoms with E-state index in [9.17, 15) is 29.4 Å². The highest BCUT2D eigenvalue weighted by atomic mass is 19.1. The number of hydrogen-bond acceptors (Lipinski definition) is 13. The lowest BCUT2D eigenvalue weighted by molar-refractivity contribution is -0.277. The number of fused-ring (bicyclic) bond motifs is 12. The van der Waals surface area contributed by atoms with Gasteiger partial charge in [-0.05, 0) is 126 Å². The Labute approximate surface area is 433 Å². The maximum atomic E-state index is 17.9. The number of hydrogen-bond donors (Lipinski definition) is 2. The Hall–Kier alpha value is -4.25. The van der Waals surface area contributed by atoms with E-state index in [-0.39, 0.29) is 75.3 Å². The normalized spacial score (nSPS) is 46.8. The summed E-state index contributed by atoms with van der Waals surface area (Å²) in [4.78, 5) is 55.6. The zero-order valence-corrected chi connectivity index (χ0v) is 44.5. The summed E-state index contributed by atoms with van der Waals surface area (Å²) in [5.41, 5.74) is -5.63. The van der Waals surface area contributed by atoms with Gasteiger partial charge in [0.1, 0.15) is 12.2 Å². The molecule has 2 heterocycles. The quantitative estimate of drug-likeness (QED) is 0.248. The molecule has 1 aromatic rings. The fraction of sp³-hybridized carbons (Fsp3) is 0.678. The van der Waals surface area contributed by atoms with Gasteiger partial charge in [0, 0.05) is 52.3 Å². The average molecular weight is 1030 g/mol. The molecule has 0 radical (unpaired) electrons. The number of carbonyl (C=O) groups excluding carboxylic acids is 4. The Bertz CT molecular complexity index is 2650. The number of aliphatic hydroxyl groups is 2. The molecule has 2 aliphatic heterocycles. The first-order chi connectivity index (χ1) is 34.9. The van der Waals surface area contributed by atoms with E-state index in [0.717, 1.165) is 34.5 Å². The third kappa shape index (κ3) is 6.93. The van der Waals surface area contributed by atoms with Crippen molar-refractivity contribution in [3.05, 3.63) is 77.4 Å². The summed E-state index contributed by atoms with van der Waals surface area (Å²) in [6, 6.07) is 7.85. The van der Waals surface area contributed by atoms with Gasteiger partial charge >= 0.3 is 11.9 Å². The number of aliphatic hydroxyl groups excluding tert-OH is 2. The number of Topliss-reactive ketones (excluding diaryl/α,β-unsaturated/α-hetero) is 1. The molecule has 8 aliphatic carbocycles. The van der Waals surface area contributed by atoms with Gasteiger partial charge in [-0.2, -0.15) is 0 Å². The van der Waals surface area contributed by atoms with Crippen LogP contribution in [0, 0.1) is 64.1 Å². The highest BCUT2D eigenvalue weighted by molar-refractivity contribution is 6.07. The standard InChI is InChI=1S/C35H44FNO6.C24H31FO6/c1-7-30(40)42-20-29(39)35(43-31(41)8-2)22(4)17-26-25-14-13-23-18-24(37-27-12-10-9-11-21(27)3)15-16-32(23,5)34(25,36)28(38)19-33(26,35)6;1-14-8-18-17-5-4-15-9-16(26)6-7-20(15,2)23(17,25)19(27)10-21(18,3)24(14)22(30-13-31-24)11-28-12-29-22/h9-12,15-16,18,22,25-26,28,38H,7-8,13-14,17,19-20H2,1-6H3;6-7,9,14,17-19,27H,4-5,8,10-13H2,1-3H3/t22-,25-,26-,28-,32-,33-,34-,35-;14-,17-,18-,19-,20-,21-,22?,23-,24+/m00/s1. The summed E-state index contributed by atoms with van der Waals surface area (Å²) < 4.78 is 70.5. The van der Waals surface area contributed by atoms with E-state index in [1.807, 2.05) is 77.1 Å². The minimum absolute atomic E-state index is 0.0110. The highest BCUT2D eigenvalue weighted by Gasteiger charge is 2.82. The second-order valence-corrected chi connectivity index (χ2v) is 24.2. The third-order valence-electron chi connectivity index (χ3n) is 21.2. The first-order valence-electron chi connectivity index (χ1n) is 27.1. The smallest absolute Gasteiger partial charge is 0.306 e. The van der Waals surface area contributed by atoms with Gasteiger partial charge in [0.25, 0.3) is 0 Å². The fourth-order valence-electron chi connectivity index (χ4n) is 17.6. The number of para-hydroxylation sites is 1. The van der Waals surface area contributed by atoms with Crippen LogP contribution in [-0.4, -0.2) is 107 Å². The van der Waals surface area contributed by atoms with Crippen molar-refractivity contribution >= 4 is 34.9 Å². The minimum atomic E-state index is -2.01. The molecule has 0 amide bonds. The van der Waals surface area contributed by atoms with Gasteiger partial charge in [0.05, 0.1) is 23.6 Å². The number of esters is 2. The van der Waals surface area contributed by atoms with Gasteiger partial charge in [0.2, 0.25) is 11.6 Å². The molecule has 13 nitrogen and oxygen atoms in total. The monoisotopic (exact) mass is 1030 g/mol. The van der Waals surface area contributed by atoms with Crippen molar-refractivity contribution in [3.8, 4) is 0 Å². The van der Waals surface area contributed by atoms with E-state index in [1.54, 1.807) is 26.0 Å². The number of aliphatic imine (C=N–C) groups is 1. The summed E-state index contributed by atoms with van der Waals surface area (Å²) in [7, 11) is 0. The molecule has 0 aromatic heterocycles. The van der Waals surface area contributed by atoms with Crippen molar-refractivity contribution < 1.29 is 66.6 Å². The number of carbonyl (C=O) groups is 4. The Kier molecular flexibility index (Phi) is 13.1. The van der Waals surface area contributed by atoms with E-state index >= 15 is 8.78 Å². The van der Waals surface area contributed by atoms with E-state index in [0.29, 0.717) is 32.1 Å². The highest BCUT2D eigenvalue weighted by Crippen LogP contribution is 2.75. The molecule has 10 aliphatic rings. The first kappa shape index (κ1) is 53.2. The maximum Gasteiger partial charge on any atom is 0.306 e.